The lowest BCUT2D eigenvalue weighted by Crippen LogP contribution is -2.53. The second-order valence-electron chi connectivity index (χ2n) is 5.16. The number of halogens is 2. The molecule has 2 aromatic carbocycles. The maximum Gasteiger partial charge on any atom is 0.374 e. The molecular formula is C17H16F2O4Si. The van der Waals surface area contributed by atoms with Gasteiger partial charge in [-0.15, -0.1) is 0 Å². The number of carbonyl (C=O) groups is 2. The molecule has 4 nitrogen and oxygen atoms in total. The zero-order chi connectivity index (χ0) is 17.9. The standard InChI is InChI=1S/C17H16F2O4Si/c1-22-24(3,23-2)17-13(18)10-9-12(14(17)19)16(21)15(20)11-7-5-4-6-8-11/h4-10H,1-3H3. The molecule has 0 aliphatic heterocycles. The van der Waals surface area contributed by atoms with Crippen molar-refractivity contribution in [3.8, 4) is 0 Å². The van der Waals surface area contributed by atoms with Crippen molar-refractivity contribution in [3.63, 3.8) is 0 Å². The average molecular weight is 350 g/mol. The summed E-state index contributed by atoms with van der Waals surface area (Å²) in [5, 5.41) is -0.431. The van der Waals surface area contributed by atoms with Gasteiger partial charge in [0.15, 0.2) is 0 Å². The van der Waals surface area contributed by atoms with E-state index in [4.69, 9.17) is 8.85 Å². The summed E-state index contributed by atoms with van der Waals surface area (Å²) in [5.74, 6) is -3.93. The Hall–Kier alpha value is -2.22. The largest absolute Gasteiger partial charge is 0.394 e. The zero-order valence-corrected chi connectivity index (χ0v) is 14.4. The quantitative estimate of drug-likeness (QED) is 0.457. The molecule has 0 unspecified atom stereocenters. The molecule has 2 aromatic rings. The lowest BCUT2D eigenvalue weighted by Gasteiger charge is -2.24. The SMILES string of the molecule is CO[Si](C)(OC)c1c(F)ccc(C(=O)C(=O)c2ccccc2)c1F. The first-order valence-electron chi connectivity index (χ1n) is 7.08. The van der Waals surface area contributed by atoms with Crippen molar-refractivity contribution in [1.82, 2.24) is 0 Å². The summed E-state index contributed by atoms with van der Waals surface area (Å²) in [4.78, 5) is 24.6. The van der Waals surface area contributed by atoms with E-state index in [1.54, 1.807) is 18.2 Å². The van der Waals surface area contributed by atoms with Crippen molar-refractivity contribution in [2.24, 2.45) is 0 Å². The Bertz CT molecular complexity index is 774. The Morgan fingerprint density at radius 2 is 1.50 bits per heavy atom. The van der Waals surface area contributed by atoms with E-state index in [0.29, 0.717) is 0 Å². The smallest absolute Gasteiger partial charge is 0.374 e. The number of Topliss-reactive ketones (excluding diaryl/α,β-unsaturated/α-hetero) is 2. The number of ketones is 2. The van der Waals surface area contributed by atoms with E-state index < -0.39 is 42.5 Å². The molecule has 0 amide bonds. The summed E-state index contributed by atoms with van der Waals surface area (Å²) in [5.41, 5.74) is -0.376. The fraction of sp³-hybridized carbons (Fsp3) is 0.176. The van der Waals surface area contributed by atoms with E-state index in [0.717, 1.165) is 12.1 Å². The third-order valence-electron chi connectivity index (χ3n) is 3.81. The maximum atomic E-state index is 14.8. The van der Waals surface area contributed by atoms with Crippen LogP contribution in [0.15, 0.2) is 42.5 Å². The van der Waals surface area contributed by atoms with Gasteiger partial charge in [-0.2, -0.15) is 0 Å². The molecule has 0 radical (unpaired) electrons. The van der Waals surface area contributed by atoms with Crippen molar-refractivity contribution in [3.05, 3.63) is 65.2 Å². The van der Waals surface area contributed by atoms with Gasteiger partial charge in [0.05, 0.1) is 10.8 Å². The van der Waals surface area contributed by atoms with E-state index in [1.807, 2.05) is 0 Å². The van der Waals surface area contributed by atoms with Crippen LogP contribution in [-0.4, -0.2) is 34.3 Å². The minimum atomic E-state index is -3.37. The molecule has 0 aliphatic rings. The molecule has 126 valence electrons. The van der Waals surface area contributed by atoms with Gasteiger partial charge in [-0.1, -0.05) is 30.3 Å². The van der Waals surface area contributed by atoms with Gasteiger partial charge in [-0.25, -0.2) is 8.78 Å². The lowest BCUT2D eigenvalue weighted by atomic mass is 10.0. The summed E-state index contributed by atoms with van der Waals surface area (Å²) < 4.78 is 39.2. The van der Waals surface area contributed by atoms with Crippen LogP contribution in [0.5, 0.6) is 0 Å². The highest BCUT2D eigenvalue weighted by atomic mass is 28.4. The molecule has 0 aliphatic carbocycles. The predicted molar refractivity (Wildman–Crippen MR) is 86.7 cm³/mol. The number of carbonyl (C=O) groups excluding carboxylic acids is 2. The lowest BCUT2D eigenvalue weighted by molar-refractivity contribution is 0.0814. The molecule has 0 bridgehead atoms. The minimum absolute atomic E-state index is 0.131. The fourth-order valence-electron chi connectivity index (χ4n) is 2.27. The Kier molecular flexibility index (Phi) is 5.38. The molecular weight excluding hydrogens is 334 g/mol. The predicted octanol–water partition coefficient (Wildman–Crippen LogP) is 2.60. The van der Waals surface area contributed by atoms with E-state index in [9.17, 15) is 18.4 Å². The van der Waals surface area contributed by atoms with Gasteiger partial charge in [0.1, 0.15) is 11.6 Å². The summed E-state index contributed by atoms with van der Waals surface area (Å²) in [6, 6.07) is 9.66. The first-order valence-corrected chi connectivity index (χ1v) is 9.40. The fourth-order valence-corrected chi connectivity index (χ4v) is 3.90. The van der Waals surface area contributed by atoms with Crippen molar-refractivity contribution < 1.29 is 27.2 Å². The number of benzene rings is 2. The van der Waals surface area contributed by atoms with Crippen LogP contribution in [0.1, 0.15) is 20.7 Å². The Morgan fingerprint density at radius 1 is 0.917 bits per heavy atom. The van der Waals surface area contributed by atoms with E-state index >= 15 is 0 Å². The normalized spacial score (nSPS) is 11.4. The molecule has 0 saturated heterocycles. The highest BCUT2D eigenvalue weighted by Gasteiger charge is 2.40. The molecule has 7 heteroatoms. The van der Waals surface area contributed by atoms with Crippen LogP contribution in [0.2, 0.25) is 6.55 Å². The molecule has 2 rings (SSSR count). The van der Waals surface area contributed by atoms with Gasteiger partial charge in [-0.3, -0.25) is 9.59 Å². The van der Waals surface area contributed by atoms with E-state index in [2.05, 4.69) is 0 Å². The van der Waals surface area contributed by atoms with Gasteiger partial charge < -0.3 is 8.85 Å². The summed E-state index contributed by atoms with van der Waals surface area (Å²) in [6.45, 7) is 1.45. The summed E-state index contributed by atoms with van der Waals surface area (Å²) in [6.07, 6.45) is 0. The monoisotopic (exact) mass is 350 g/mol. The molecule has 0 saturated carbocycles. The number of hydrogen-bond acceptors (Lipinski definition) is 4. The van der Waals surface area contributed by atoms with Crippen molar-refractivity contribution >= 4 is 25.3 Å². The van der Waals surface area contributed by atoms with E-state index in [-0.39, 0.29) is 5.56 Å². The van der Waals surface area contributed by atoms with Crippen molar-refractivity contribution in [1.29, 1.82) is 0 Å². The van der Waals surface area contributed by atoms with Gasteiger partial charge in [-0.05, 0) is 18.7 Å². The van der Waals surface area contributed by atoms with Crippen LogP contribution in [0.3, 0.4) is 0 Å². The van der Waals surface area contributed by atoms with Crippen LogP contribution in [0, 0.1) is 11.6 Å². The van der Waals surface area contributed by atoms with Gasteiger partial charge in [0.2, 0.25) is 11.6 Å². The van der Waals surface area contributed by atoms with Crippen LogP contribution < -0.4 is 5.19 Å². The minimum Gasteiger partial charge on any atom is -0.394 e. The highest BCUT2D eigenvalue weighted by Crippen LogP contribution is 2.17. The summed E-state index contributed by atoms with van der Waals surface area (Å²) >= 11 is 0. The average Bonchev–Trinajstić information content (AvgIpc) is 2.61. The van der Waals surface area contributed by atoms with Crippen LogP contribution in [-0.2, 0) is 8.85 Å². The molecule has 0 atom stereocenters. The second-order valence-corrected chi connectivity index (χ2v) is 8.37. The van der Waals surface area contributed by atoms with Gasteiger partial charge in [0.25, 0.3) is 0 Å². The Morgan fingerprint density at radius 3 is 2.04 bits per heavy atom. The first kappa shape index (κ1) is 18.1. The van der Waals surface area contributed by atoms with E-state index in [1.165, 1.54) is 32.9 Å². The van der Waals surface area contributed by atoms with Crippen LogP contribution in [0.4, 0.5) is 8.78 Å². The highest BCUT2D eigenvalue weighted by molar-refractivity contribution is 6.80. The molecule has 0 spiro atoms. The topological polar surface area (TPSA) is 52.6 Å². The Labute approximate surface area is 139 Å². The van der Waals surface area contributed by atoms with Gasteiger partial charge >= 0.3 is 8.56 Å². The van der Waals surface area contributed by atoms with Gasteiger partial charge in [0, 0.05) is 19.8 Å². The molecule has 24 heavy (non-hydrogen) atoms. The number of hydrogen-bond donors (Lipinski definition) is 0. The number of rotatable bonds is 6. The second kappa shape index (κ2) is 7.12. The van der Waals surface area contributed by atoms with Crippen molar-refractivity contribution in [2.75, 3.05) is 14.2 Å². The van der Waals surface area contributed by atoms with Crippen LogP contribution >= 0.6 is 0 Å². The maximum absolute atomic E-state index is 14.8. The molecule has 0 fully saturated rings. The molecule has 0 heterocycles. The van der Waals surface area contributed by atoms with Crippen LogP contribution in [0.25, 0.3) is 0 Å². The molecule has 0 aromatic heterocycles. The van der Waals surface area contributed by atoms with Crippen molar-refractivity contribution in [2.45, 2.75) is 6.55 Å². The third kappa shape index (κ3) is 3.19. The third-order valence-corrected chi connectivity index (χ3v) is 6.74. The zero-order valence-electron chi connectivity index (χ0n) is 13.4. The Balaban J connectivity index is 2.53. The summed E-state index contributed by atoms with van der Waals surface area (Å²) in [7, 11) is -0.815. The first-order chi connectivity index (χ1) is 11.4. The molecule has 0 N–H and O–H groups in total.